The first-order valence-electron chi connectivity index (χ1n) is 10.7. The fraction of sp³-hybridized carbons (Fsp3) is 0.192. The molecule has 1 atom stereocenters. The number of carbonyl (C=O) groups excluding carboxylic acids is 1. The average Bonchev–Trinajstić information content (AvgIpc) is 3.13. The summed E-state index contributed by atoms with van der Waals surface area (Å²) in [6.07, 6.45) is 3.61. The van der Waals surface area contributed by atoms with Crippen molar-refractivity contribution in [1.29, 1.82) is 0 Å². The van der Waals surface area contributed by atoms with Crippen LogP contribution in [0.4, 0.5) is 5.82 Å². The van der Waals surface area contributed by atoms with E-state index in [0.717, 1.165) is 18.4 Å². The van der Waals surface area contributed by atoms with Crippen molar-refractivity contribution in [1.82, 2.24) is 4.98 Å². The normalized spacial score (nSPS) is 15.2. The van der Waals surface area contributed by atoms with Gasteiger partial charge in [0.1, 0.15) is 17.2 Å². The largest absolute Gasteiger partial charge is 0.494 e. The smallest absolute Gasteiger partial charge is 0.296 e. The van der Waals surface area contributed by atoms with Crippen LogP contribution in [0.25, 0.3) is 11.0 Å². The van der Waals surface area contributed by atoms with Gasteiger partial charge < -0.3 is 9.15 Å². The van der Waals surface area contributed by atoms with Crippen LogP contribution in [0.5, 0.6) is 5.75 Å². The zero-order valence-electron chi connectivity index (χ0n) is 17.7. The van der Waals surface area contributed by atoms with Crippen molar-refractivity contribution >= 4 is 22.7 Å². The highest BCUT2D eigenvalue weighted by atomic mass is 16.5. The molecule has 0 saturated carbocycles. The number of nitrogens with zero attached hydrogens (tertiary/aromatic N) is 2. The number of rotatable bonds is 6. The predicted octanol–water partition coefficient (Wildman–Crippen LogP) is 5.12. The van der Waals surface area contributed by atoms with E-state index in [-0.39, 0.29) is 17.1 Å². The van der Waals surface area contributed by atoms with Gasteiger partial charge in [0, 0.05) is 6.20 Å². The van der Waals surface area contributed by atoms with Crippen molar-refractivity contribution in [2.75, 3.05) is 11.5 Å². The average molecular weight is 426 g/mol. The van der Waals surface area contributed by atoms with Crippen molar-refractivity contribution in [2.45, 2.75) is 25.8 Å². The Hall–Kier alpha value is -3.93. The van der Waals surface area contributed by atoms with Crippen molar-refractivity contribution in [3.05, 3.63) is 100 Å². The zero-order valence-corrected chi connectivity index (χ0v) is 17.7. The molecule has 0 fully saturated rings. The molecule has 4 aromatic rings. The number of para-hydroxylation sites is 1. The van der Waals surface area contributed by atoms with Gasteiger partial charge in [-0.3, -0.25) is 14.5 Å². The monoisotopic (exact) mass is 426 g/mol. The first kappa shape index (κ1) is 20.0. The number of pyridine rings is 1. The Morgan fingerprint density at radius 3 is 2.69 bits per heavy atom. The molecule has 6 heteroatoms. The molecular formula is C26H22N2O4. The molecule has 3 heterocycles. The highest BCUT2D eigenvalue weighted by Crippen LogP contribution is 2.41. The minimum atomic E-state index is -0.664. The summed E-state index contributed by atoms with van der Waals surface area (Å²) in [6, 6.07) is 19.2. The lowest BCUT2D eigenvalue weighted by Crippen LogP contribution is -2.30. The van der Waals surface area contributed by atoms with E-state index < -0.39 is 6.04 Å². The van der Waals surface area contributed by atoms with E-state index in [0.29, 0.717) is 34.7 Å². The molecule has 0 bridgehead atoms. The van der Waals surface area contributed by atoms with Gasteiger partial charge in [-0.1, -0.05) is 43.7 Å². The Bertz CT molecular complexity index is 1350. The van der Waals surface area contributed by atoms with Gasteiger partial charge in [0.25, 0.3) is 5.91 Å². The van der Waals surface area contributed by atoms with Crippen LogP contribution in [-0.4, -0.2) is 17.5 Å². The first-order valence-corrected chi connectivity index (χ1v) is 10.7. The summed E-state index contributed by atoms with van der Waals surface area (Å²) in [5, 5.41) is 0.447. The summed E-state index contributed by atoms with van der Waals surface area (Å²) in [7, 11) is 0. The Morgan fingerprint density at radius 2 is 1.88 bits per heavy atom. The fourth-order valence-corrected chi connectivity index (χ4v) is 4.08. The molecule has 0 spiro atoms. The van der Waals surface area contributed by atoms with Crippen molar-refractivity contribution in [2.24, 2.45) is 0 Å². The number of hydrogen-bond donors (Lipinski definition) is 0. The van der Waals surface area contributed by atoms with Gasteiger partial charge in [0.05, 0.1) is 23.6 Å². The van der Waals surface area contributed by atoms with Crippen LogP contribution >= 0.6 is 0 Å². The Labute approximate surface area is 185 Å². The third-order valence-electron chi connectivity index (χ3n) is 5.61. The summed E-state index contributed by atoms with van der Waals surface area (Å²) >= 11 is 0. The number of hydrogen-bond acceptors (Lipinski definition) is 5. The Balaban J connectivity index is 1.70. The highest BCUT2D eigenvalue weighted by Gasteiger charge is 2.44. The van der Waals surface area contributed by atoms with Crippen LogP contribution in [0.1, 0.15) is 47.5 Å². The summed E-state index contributed by atoms with van der Waals surface area (Å²) in [4.78, 5) is 32.9. The van der Waals surface area contributed by atoms with Crippen molar-refractivity contribution in [3.63, 3.8) is 0 Å². The zero-order chi connectivity index (χ0) is 22.1. The molecule has 2 aromatic heterocycles. The summed E-state index contributed by atoms with van der Waals surface area (Å²) in [6.45, 7) is 2.71. The number of carbonyl (C=O) groups is 1. The van der Waals surface area contributed by atoms with E-state index >= 15 is 0 Å². The van der Waals surface area contributed by atoms with Crippen LogP contribution in [0, 0.1) is 0 Å². The molecule has 0 saturated heterocycles. The number of unbranched alkanes of at least 4 members (excludes halogenated alkanes) is 1. The van der Waals surface area contributed by atoms with Crippen LogP contribution in [0.3, 0.4) is 0 Å². The lowest BCUT2D eigenvalue weighted by Gasteiger charge is -2.24. The van der Waals surface area contributed by atoms with Gasteiger partial charge in [-0.2, -0.15) is 0 Å². The number of benzene rings is 2. The maximum atomic E-state index is 13.5. The number of fused-ring (bicyclic) bond motifs is 2. The molecule has 1 amide bonds. The SMILES string of the molecule is CCCCOc1cccc([C@H]2c3c(oc4ccccc4c3=O)C(=O)N2c2ccccn2)c1. The molecule has 32 heavy (non-hydrogen) atoms. The molecular weight excluding hydrogens is 404 g/mol. The van der Waals surface area contributed by atoms with Gasteiger partial charge in [0.2, 0.25) is 5.76 Å². The molecule has 6 nitrogen and oxygen atoms in total. The maximum Gasteiger partial charge on any atom is 0.296 e. The van der Waals surface area contributed by atoms with Crippen LogP contribution in [0.15, 0.2) is 82.1 Å². The fourth-order valence-electron chi connectivity index (χ4n) is 4.08. The van der Waals surface area contributed by atoms with Gasteiger partial charge in [-0.05, 0) is 48.4 Å². The molecule has 0 unspecified atom stereocenters. The van der Waals surface area contributed by atoms with E-state index in [4.69, 9.17) is 9.15 Å². The summed E-state index contributed by atoms with van der Waals surface area (Å²) < 4.78 is 11.8. The molecule has 0 radical (unpaired) electrons. The molecule has 0 aliphatic carbocycles. The third-order valence-corrected chi connectivity index (χ3v) is 5.61. The lowest BCUT2D eigenvalue weighted by molar-refractivity contribution is 0.0970. The van der Waals surface area contributed by atoms with Gasteiger partial charge in [-0.25, -0.2) is 4.98 Å². The van der Waals surface area contributed by atoms with Crippen molar-refractivity contribution < 1.29 is 13.9 Å². The Kier molecular flexibility index (Phi) is 5.19. The van der Waals surface area contributed by atoms with Crippen molar-refractivity contribution in [3.8, 4) is 5.75 Å². The molecule has 2 aromatic carbocycles. The molecule has 1 aliphatic rings. The van der Waals surface area contributed by atoms with E-state index in [1.54, 1.807) is 42.6 Å². The van der Waals surface area contributed by atoms with Crippen LogP contribution < -0.4 is 15.1 Å². The highest BCUT2D eigenvalue weighted by molar-refractivity contribution is 6.10. The number of anilines is 1. The molecule has 1 aliphatic heterocycles. The minimum Gasteiger partial charge on any atom is -0.494 e. The maximum absolute atomic E-state index is 13.5. The third kappa shape index (κ3) is 3.34. The Morgan fingerprint density at radius 1 is 1.03 bits per heavy atom. The predicted molar refractivity (Wildman–Crippen MR) is 122 cm³/mol. The molecule has 5 rings (SSSR count). The second-order valence-corrected chi connectivity index (χ2v) is 7.71. The van der Waals surface area contributed by atoms with E-state index in [1.807, 2.05) is 30.3 Å². The van der Waals surface area contributed by atoms with Crippen LogP contribution in [-0.2, 0) is 0 Å². The lowest BCUT2D eigenvalue weighted by atomic mass is 9.98. The standard InChI is InChI=1S/C26H22N2O4/c1-2-3-15-31-18-10-8-9-17(16-18)23-22-24(29)19-11-4-5-12-20(19)32-25(22)26(30)28(23)21-13-6-7-14-27-21/h4-14,16,23H,2-3,15H2,1H3/t23-/m0/s1. The van der Waals surface area contributed by atoms with E-state index in [9.17, 15) is 9.59 Å². The number of amides is 1. The van der Waals surface area contributed by atoms with E-state index in [2.05, 4.69) is 11.9 Å². The van der Waals surface area contributed by atoms with Gasteiger partial charge in [-0.15, -0.1) is 0 Å². The number of ether oxygens (including phenoxy) is 1. The van der Waals surface area contributed by atoms with E-state index in [1.165, 1.54) is 4.90 Å². The molecule has 0 N–H and O–H groups in total. The molecule has 160 valence electrons. The summed E-state index contributed by atoms with van der Waals surface area (Å²) in [5.74, 6) is 0.822. The van der Waals surface area contributed by atoms with Crippen LogP contribution in [0.2, 0.25) is 0 Å². The van der Waals surface area contributed by atoms with Gasteiger partial charge in [0.15, 0.2) is 5.43 Å². The number of aromatic nitrogens is 1. The first-order chi connectivity index (χ1) is 15.7. The second kappa shape index (κ2) is 8.30. The second-order valence-electron chi connectivity index (χ2n) is 7.71. The quantitative estimate of drug-likeness (QED) is 0.400. The minimum absolute atomic E-state index is 0.0571. The topological polar surface area (TPSA) is 72.6 Å². The summed E-state index contributed by atoms with van der Waals surface area (Å²) in [5.41, 5.74) is 1.27. The van der Waals surface area contributed by atoms with Gasteiger partial charge >= 0.3 is 0 Å².